The average molecular weight is 230 g/mol. The maximum Gasteiger partial charge on any atom is 0.141 e. The first-order valence-corrected chi connectivity index (χ1v) is 5.47. The predicted molar refractivity (Wildman–Crippen MR) is 63.6 cm³/mol. The summed E-state index contributed by atoms with van der Waals surface area (Å²) in [6, 6.07) is 9.36. The van der Waals surface area contributed by atoms with Gasteiger partial charge >= 0.3 is 0 Å². The summed E-state index contributed by atoms with van der Waals surface area (Å²) in [5.74, 6) is -0.0191. The van der Waals surface area contributed by atoms with Crippen LogP contribution in [0.1, 0.15) is 5.69 Å². The average Bonchev–Trinajstić information content (AvgIpc) is 2.31. The van der Waals surface area contributed by atoms with Gasteiger partial charge in [0.25, 0.3) is 0 Å². The van der Waals surface area contributed by atoms with Gasteiger partial charge in [0, 0.05) is 17.3 Å². The topological polar surface area (TPSA) is 75.7 Å². The minimum Gasteiger partial charge on any atom is -0.382 e. The van der Waals surface area contributed by atoms with E-state index in [1.54, 1.807) is 18.5 Å². The lowest BCUT2D eigenvalue weighted by atomic mass is 10.3. The van der Waals surface area contributed by atoms with Crippen LogP contribution in [0.15, 0.2) is 52.6 Å². The van der Waals surface area contributed by atoms with Gasteiger partial charge in [-0.1, -0.05) is 17.8 Å². The van der Waals surface area contributed by atoms with Crippen LogP contribution in [0.2, 0.25) is 0 Å². The summed E-state index contributed by atoms with van der Waals surface area (Å²) in [6.45, 7) is 0. The fraction of sp³-hybridized carbons (Fsp3) is 0. The molecule has 0 aliphatic rings. The Balaban J connectivity index is 2.14. The number of pyridine rings is 2. The molecule has 0 aliphatic heterocycles. The smallest absolute Gasteiger partial charge is 0.141 e. The molecular formula is C11H10N4S. The zero-order valence-corrected chi connectivity index (χ0v) is 9.24. The molecule has 2 aromatic heterocycles. The SMILES string of the molecule is N=C(N)c1ccc(Sc2ccccn2)cn1. The van der Waals surface area contributed by atoms with Crippen molar-refractivity contribution in [3.05, 3.63) is 48.4 Å². The van der Waals surface area contributed by atoms with Crippen molar-refractivity contribution in [3.63, 3.8) is 0 Å². The molecule has 3 N–H and O–H groups in total. The van der Waals surface area contributed by atoms with Crippen molar-refractivity contribution >= 4 is 17.6 Å². The first-order valence-electron chi connectivity index (χ1n) is 4.65. The summed E-state index contributed by atoms with van der Waals surface area (Å²) in [5.41, 5.74) is 5.81. The Kier molecular flexibility index (Phi) is 3.16. The van der Waals surface area contributed by atoms with E-state index in [4.69, 9.17) is 11.1 Å². The van der Waals surface area contributed by atoms with Gasteiger partial charge in [-0.2, -0.15) is 0 Å². The lowest BCUT2D eigenvalue weighted by molar-refractivity contribution is 1.12. The number of aromatic nitrogens is 2. The quantitative estimate of drug-likeness (QED) is 0.624. The van der Waals surface area contributed by atoms with Gasteiger partial charge in [-0.05, 0) is 24.3 Å². The summed E-state index contributed by atoms with van der Waals surface area (Å²) in [4.78, 5) is 9.25. The molecule has 0 saturated heterocycles. The highest BCUT2D eigenvalue weighted by Gasteiger charge is 2.00. The molecule has 16 heavy (non-hydrogen) atoms. The van der Waals surface area contributed by atoms with Gasteiger partial charge in [-0.15, -0.1) is 0 Å². The number of nitrogens with two attached hydrogens (primary N) is 1. The minimum absolute atomic E-state index is 0.0191. The molecule has 2 aromatic rings. The maximum atomic E-state index is 7.22. The van der Waals surface area contributed by atoms with E-state index >= 15 is 0 Å². The van der Waals surface area contributed by atoms with Gasteiger partial charge in [-0.3, -0.25) is 10.4 Å². The van der Waals surface area contributed by atoms with Crippen LogP contribution in [0, 0.1) is 5.41 Å². The Hall–Kier alpha value is -1.88. The van der Waals surface area contributed by atoms with E-state index in [2.05, 4.69) is 9.97 Å². The van der Waals surface area contributed by atoms with E-state index in [9.17, 15) is 0 Å². The van der Waals surface area contributed by atoms with E-state index in [0.717, 1.165) is 9.92 Å². The van der Waals surface area contributed by atoms with Gasteiger partial charge in [-0.25, -0.2) is 4.98 Å². The van der Waals surface area contributed by atoms with Crippen molar-refractivity contribution in [2.45, 2.75) is 9.92 Å². The fourth-order valence-electron chi connectivity index (χ4n) is 1.13. The van der Waals surface area contributed by atoms with Crippen molar-refractivity contribution in [3.8, 4) is 0 Å². The number of hydrogen-bond donors (Lipinski definition) is 2. The van der Waals surface area contributed by atoms with Gasteiger partial charge in [0.2, 0.25) is 0 Å². The molecule has 0 radical (unpaired) electrons. The summed E-state index contributed by atoms with van der Waals surface area (Å²) in [7, 11) is 0. The summed E-state index contributed by atoms with van der Waals surface area (Å²) in [6.07, 6.45) is 3.44. The molecule has 0 saturated carbocycles. The third-order valence-corrected chi connectivity index (χ3v) is 2.80. The molecule has 2 rings (SSSR count). The normalized spacial score (nSPS) is 10.0. The molecule has 4 nitrogen and oxygen atoms in total. The molecule has 0 aliphatic carbocycles. The van der Waals surface area contributed by atoms with Crippen LogP contribution in [-0.4, -0.2) is 15.8 Å². The Labute approximate surface area is 97.4 Å². The molecule has 0 aromatic carbocycles. The number of nitrogen functional groups attached to an aromatic ring is 1. The van der Waals surface area contributed by atoms with Crippen LogP contribution in [0.5, 0.6) is 0 Å². The number of rotatable bonds is 3. The lowest BCUT2D eigenvalue weighted by Crippen LogP contribution is -2.12. The lowest BCUT2D eigenvalue weighted by Gasteiger charge is -2.01. The van der Waals surface area contributed by atoms with Crippen molar-refractivity contribution in [1.82, 2.24) is 9.97 Å². The third-order valence-electron chi connectivity index (χ3n) is 1.87. The Morgan fingerprint density at radius 3 is 2.62 bits per heavy atom. The van der Waals surface area contributed by atoms with Gasteiger partial charge in [0.1, 0.15) is 16.6 Å². The molecule has 0 spiro atoms. The van der Waals surface area contributed by atoms with Gasteiger partial charge < -0.3 is 5.73 Å². The van der Waals surface area contributed by atoms with Crippen LogP contribution in [0.3, 0.4) is 0 Å². The number of nitrogens with zero attached hydrogens (tertiary/aromatic N) is 2. The highest BCUT2D eigenvalue weighted by molar-refractivity contribution is 7.99. The van der Waals surface area contributed by atoms with Gasteiger partial charge in [0.15, 0.2) is 0 Å². The second-order valence-electron chi connectivity index (χ2n) is 3.06. The zero-order valence-electron chi connectivity index (χ0n) is 8.42. The molecule has 0 bridgehead atoms. The molecular weight excluding hydrogens is 220 g/mol. The van der Waals surface area contributed by atoms with Crippen LogP contribution < -0.4 is 5.73 Å². The monoisotopic (exact) mass is 230 g/mol. The van der Waals surface area contributed by atoms with Crippen LogP contribution >= 0.6 is 11.8 Å². The molecule has 5 heteroatoms. The Morgan fingerprint density at radius 2 is 2.06 bits per heavy atom. The van der Waals surface area contributed by atoms with E-state index in [-0.39, 0.29) is 5.84 Å². The van der Waals surface area contributed by atoms with E-state index in [0.29, 0.717) is 5.69 Å². The molecule has 80 valence electrons. The number of nitrogens with one attached hydrogen (secondary N) is 1. The third kappa shape index (κ3) is 2.58. The molecule has 0 unspecified atom stereocenters. The van der Waals surface area contributed by atoms with E-state index in [1.807, 2.05) is 24.3 Å². The first-order chi connectivity index (χ1) is 7.75. The van der Waals surface area contributed by atoms with E-state index in [1.165, 1.54) is 11.8 Å². The van der Waals surface area contributed by atoms with Crippen molar-refractivity contribution in [1.29, 1.82) is 5.41 Å². The van der Waals surface area contributed by atoms with Crippen LogP contribution in [0.4, 0.5) is 0 Å². The molecule has 0 amide bonds. The summed E-state index contributed by atoms with van der Waals surface area (Å²) < 4.78 is 0. The van der Waals surface area contributed by atoms with Crippen molar-refractivity contribution in [2.75, 3.05) is 0 Å². The minimum atomic E-state index is -0.0191. The largest absolute Gasteiger partial charge is 0.382 e. The van der Waals surface area contributed by atoms with Crippen molar-refractivity contribution in [2.24, 2.45) is 5.73 Å². The second kappa shape index (κ2) is 4.76. The second-order valence-corrected chi connectivity index (χ2v) is 4.16. The van der Waals surface area contributed by atoms with Gasteiger partial charge in [0.05, 0.1) is 0 Å². The number of amidine groups is 1. The van der Waals surface area contributed by atoms with E-state index < -0.39 is 0 Å². The van der Waals surface area contributed by atoms with Crippen molar-refractivity contribution < 1.29 is 0 Å². The zero-order chi connectivity index (χ0) is 11.4. The first kappa shape index (κ1) is 10.6. The predicted octanol–water partition coefficient (Wildman–Crippen LogP) is 1.91. The highest BCUT2D eigenvalue weighted by Crippen LogP contribution is 2.24. The highest BCUT2D eigenvalue weighted by atomic mass is 32.2. The number of hydrogen-bond acceptors (Lipinski definition) is 4. The van der Waals surface area contributed by atoms with Crippen LogP contribution in [0.25, 0.3) is 0 Å². The Bertz CT molecular complexity index is 481. The Morgan fingerprint density at radius 1 is 1.19 bits per heavy atom. The molecule has 2 heterocycles. The fourth-order valence-corrected chi connectivity index (χ4v) is 1.87. The summed E-state index contributed by atoms with van der Waals surface area (Å²) in [5, 5.41) is 8.14. The maximum absolute atomic E-state index is 7.22. The molecule has 0 fully saturated rings. The van der Waals surface area contributed by atoms with Crippen LogP contribution in [-0.2, 0) is 0 Å². The molecule has 0 atom stereocenters. The standard InChI is InChI=1S/C11H10N4S/c12-11(13)9-5-4-8(7-15-9)16-10-3-1-2-6-14-10/h1-7H,(H3,12,13). The summed E-state index contributed by atoms with van der Waals surface area (Å²) >= 11 is 1.52.